The SMILES string of the molecule is c1ccc(N=C2CC(c3ccccc3)N2c2ccc3c(c2)OCO3)cc1. The zero-order valence-corrected chi connectivity index (χ0v) is 14.2. The average Bonchev–Trinajstić information content (AvgIpc) is 3.14. The van der Waals surface area contributed by atoms with Gasteiger partial charge in [-0.2, -0.15) is 0 Å². The highest BCUT2D eigenvalue weighted by molar-refractivity contribution is 6.06. The van der Waals surface area contributed by atoms with Gasteiger partial charge in [0.2, 0.25) is 6.79 Å². The average molecular weight is 342 g/mol. The molecule has 0 aliphatic carbocycles. The van der Waals surface area contributed by atoms with Crippen LogP contribution in [0.4, 0.5) is 11.4 Å². The number of rotatable bonds is 3. The smallest absolute Gasteiger partial charge is 0.231 e. The van der Waals surface area contributed by atoms with E-state index in [1.54, 1.807) is 0 Å². The van der Waals surface area contributed by atoms with E-state index >= 15 is 0 Å². The maximum Gasteiger partial charge on any atom is 0.231 e. The minimum absolute atomic E-state index is 0.277. The third kappa shape index (κ3) is 2.60. The van der Waals surface area contributed by atoms with Crippen LogP contribution in [-0.4, -0.2) is 12.6 Å². The molecule has 2 aliphatic heterocycles. The van der Waals surface area contributed by atoms with Crippen LogP contribution in [-0.2, 0) is 0 Å². The van der Waals surface area contributed by atoms with E-state index in [-0.39, 0.29) is 12.8 Å². The van der Waals surface area contributed by atoms with Crippen molar-refractivity contribution in [3.63, 3.8) is 0 Å². The van der Waals surface area contributed by atoms with Gasteiger partial charge in [-0.05, 0) is 29.8 Å². The number of para-hydroxylation sites is 1. The highest BCUT2D eigenvalue weighted by atomic mass is 16.7. The molecular weight excluding hydrogens is 324 g/mol. The van der Waals surface area contributed by atoms with E-state index in [2.05, 4.69) is 35.2 Å². The number of hydrogen-bond donors (Lipinski definition) is 0. The summed E-state index contributed by atoms with van der Waals surface area (Å²) in [6.45, 7) is 0.284. The summed E-state index contributed by atoms with van der Waals surface area (Å²) in [4.78, 5) is 7.14. The molecule has 3 aromatic carbocycles. The first-order valence-electron chi connectivity index (χ1n) is 8.75. The van der Waals surface area contributed by atoms with Gasteiger partial charge in [0, 0.05) is 18.2 Å². The molecule has 3 aromatic rings. The molecule has 1 atom stereocenters. The Morgan fingerprint density at radius 3 is 2.35 bits per heavy atom. The van der Waals surface area contributed by atoms with Gasteiger partial charge < -0.3 is 14.4 Å². The molecule has 4 heteroatoms. The number of nitrogens with zero attached hydrogens (tertiary/aromatic N) is 2. The third-order valence-corrected chi connectivity index (χ3v) is 4.80. The summed E-state index contributed by atoms with van der Waals surface area (Å²) in [5.74, 6) is 2.65. The highest BCUT2D eigenvalue weighted by Crippen LogP contribution is 2.44. The van der Waals surface area contributed by atoms with Gasteiger partial charge in [0.1, 0.15) is 5.84 Å². The van der Waals surface area contributed by atoms with Crippen molar-refractivity contribution in [2.75, 3.05) is 11.7 Å². The fourth-order valence-electron chi connectivity index (χ4n) is 3.49. The number of benzene rings is 3. The molecule has 1 saturated heterocycles. The normalized spacial score (nSPS) is 19.5. The first-order chi connectivity index (χ1) is 12.9. The van der Waals surface area contributed by atoms with E-state index in [0.717, 1.165) is 35.1 Å². The molecule has 2 aliphatic rings. The third-order valence-electron chi connectivity index (χ3n) is 4.80. The summed E-state index contributed by atoms with van der Waals surface area (Å²) >= 11 is 0. The molecule has 4 nitrogen and oxygen atoms in total. The Bertz CT molecular complexity index is 954. The molecule has 128 valence electrons. The van der Waals surface area contributed by atoms with Crippen molar-refractivity contribution in [2.24, 2.45) is 4.99 Å². The van der Waals surface area contributed by atoms with E-state index in [1.165, 1.54) is 5.56 Å². The van der Waals surface area contributed by atoms with Gasteiger partial charge in [-0.25, -0.2) is 4.99 Å². The highest BCUT2D eigenvalue weighted by Gasteiger charge is 2.37. The molecule has 2 heterocycles. The van der Waals surface area contributed by atoms with E-state index in [0.29, 0.717) is 0 Å². The second kappa shape index (κ2) is 6.23. The van der Waals surface area contributed by atoms with Crippen molar-refractivity contribution in [2.45, 2.75) is 12.5 Å². The molecule has 0 bridgehead atoms. The van der Waals surface area contributed by atoms with Crippen LogP contribution >= 0.6 is 0 Å². The van der Waals surface area contributed by atoms with Crippen molar-refractivity contribution in [1.82, 2.24) is 0 Å². The predicted octanol–water partition coefficient (Wildman–Crippen LogP) is 5.10. The number of fused-ring (bicyclic) bond motifs is 1. The van der Waals surface area contributed by atoms with E-state index < -0.39 is 0 Å². The monoisotopic (exact) mass is 342 g/mol. The minimum atomic E-state index is 0.277. The van der Waals surface area contributed by atoms with Crippen LogP contribution in [0.5, 0.6) is 11.5 Å². The molecule has 0 saturated carbocycles. The van der Waals surface area contributed by atoms with Crippen molar-refractivity contribution in [1.29, 1.82) is 0 Å². The number of hydrogen-bond acceptors (Lipinski definition) is 3. The molecule has 5 rings (SSSR count). The zero-order chi connectivity index (χ0) is 17.3. The summed E-state index contributed by atoms with van der Waals surface area (Å²) < 4.78 is 11.0. The molecule has 0 amide bonds. The van der Waals surface area contributed by atoms with Crippen LogP contribution in [0.25, 0.3) is 0 Å². The lowest BCUT2D eigenvalue weighted by Crippen LogP contribution is -2.46. The van der Waals surface area contributed by atoms with Crippen LogP contribution in [0.3, 0.4) is 0 Å². The largest absolute Gasteiger partial charge is 0.454 e. The number of amidine groups is 1. The second-order valence-corrected chi connectivity index (χ2v) is 6.40. The van der Waals surface area contributed by atoms with E-state index in [4.69, 9.17) is 14.5 Å². The van der Waals surface area contributed by atoms with Gasteiger partial charge in [0.25, 0.3) is 0 Å². The van der Waals surface area contributed by atoms with Gasteiger partial charge in [-0.15, -0.1) is 0 Å². The maximum atomic E-state index is 5.56. The van der Waals surface area contributed by atoms with Crippen molar-refractivity contribution < 1.29 is 9.47 Å². The lowest BCUT2D eigenvalue weighted by molar-refractivity contribution is 0.174. The molecular formula is C22H18N2O2. The summed E-state index contributed by atoms with van der Waals surface area (Å²) in [5.41, 5.74) is 3.33. The molecule has 1 unspecified atom stereocenters. The first-order valence-corrected chi connectivity index (χ1v) is 8.75. The van der Waals surface area contributed by atoms with Crippen LogP contribution in [0.2, 0.25) is 0 Å². The molecule has 0 N–H and O–H groups in total. The summed E-state index contributed by atoms with van der Waals surface area (Å²) in [6.07, 6.45) is 0.910. The molecule has 0 radical (unpaired) electrons. The lowest BCUT2D eigenvalue weighted by atomic mass is 9.92. The quantitative estimate of drug-likeness (QED) is 0.664. The Kier molecular flexibility index (Phi) is 3.60. The molecule has 0 aromatic heterocycles. The molecule has 26 heavy (non-hydrogen) atoms. The van der Waals surface area contributed by atoms with Gasteiger partial charge in [0.15, 0.2) is 11.5 Å². The van der Waals surface area contributed by atoms with Gasteiger partial charge in [0.05, 0.1) is 11.7 Å². The summed E-state index contributed by atoms with van der Waals surface area (Å²) in [7, 11) is 0. The Balaban J connectivity index is 1.54. The molecule has 0 spiro atoms. The Morgan fingerprint density at radius 1 is 0.808 bits per heavy atom. The number of ether oxygens (including phenoxy) is 2. The first kappa shape index (κ1) is 15.0. The minimum Gasteiger partial charge on any atom is -0.454 e. The zero-order valence-electron chi connectivity index (χ0n) is 14.2. The van der Waals surface area contributed by atoms with Crippen molar-refractivity contribution in [3.8, 4) is 11.5 Å². The standard InChI is InChI=1S/C22H18N2O2/c1-3-7-16(8-4-1)19-14-22(23-17-9-5-2-6-10-17)24(19)18-11-12-20-21(13-18)26-15-25-20/h1-13,19H,14-15H2. The fraction of sp³-hybridized carbons (Fsp3) is 0.136. The van der Waals surface area contributed by atoms with Crippen LogP contribution in [0.1, 0.15) is 18.0 Å². The molecule has 1 fully saturated rings. The van der Waals surface area contributed by atoms with Gasteiger partial charge in [-0.1, -0.05) is 48.5 Å². The Hall–Kier alpha value is -3.27. The van der Waals surface area contributed by atoms with Crippen LogP contribution < -0.4 is 14.4 Å². The van der Waals surface area contributed by atoms with Crippen molar-refractivity contribution in [3.05, 3.63) is 84.4 Å². The lowest BCUT2D eigenvalue weighted by Gasteiger charge is -2.44. The number of aliphatic imine (C=N–C) groups is 1. The van der Waals surface area contributed by atoms with Gasteiger partial charge in [-0.3, -0.25) is 0 Å². The van der Waals surface area contributed by atoms with Crippen molar-refractivity contribution >= 4 is 17.2 Å². The maximum absolute atomic E-state index is 5.56. The Morgan fingerprint density at radius 2 is 1.54 bits per heavy atom. The summed E-state index contributed by atoms with van der Waals surface area (Å²) in [6, 6.07) is 27.0. The predicted molar refractivity (Wildman–Crippen MR) is 102 cm³/mol. The summed E-state index contributed by atoms with van der Waals surface area (Å²) in [5, 5.41) is 0. The topological polar surface area (TPSA) is 34.1 Å². The van der Waals surface area contributed by atoms with E-state index in [9.17, 15) is 0 Å². The second-order valence-electron chi connectivity index (χ2n) is 6.40. The van der Waals surface area contributed by atoms with Crippen LogP contribution in [0, 0.1) is 0 Å². The van der Waals surface area contributed by atoms with E-state index in [1.807, 2.05) is 48.5 Å². The Labute approximate surface area is 152 Å². The number of anilines is 1. The van der Waals surface area contributed by atoms with Crippen LogP contribution in [0.15, 0.2) is 83.9 Å². The van der Waals surface area contributed by atoms with Gasteiger partial charge >= 0.3 is 0 Å². The fourth-order valence-corrected chi connectivity index (χ4v) is 3.49.